The number of hydrogen-bond acceptors (Lipinski definition) is 2. The summed E-state index contributed by atoms with van der Waals surface area (Å²) in [6.07, 6.45) is 1.72. The van der Waals surface area contributed by atoms with Crippen LogP contribution in [0.4, 0.5) is 8.78 Å². The lowest BCUT2D eigenvalue weighted by molar-refractivity contribution is -0.137. The Morgan fingerprint density at radius 3 is 2.95 bits per heavy atom. The lowest BCUT2D eigenvalue weighted by atomic mass is 10.0. The first-order valence-corrected chi connectivity index (χ1v) is 6.88. The molecule has 2 unspecified atom stereocenters. The molecular formula is C15H19F2NO2. The number of nitrogens with zero attached hydrogens (tertiary/aromatic N) is 1. The number of likely N-dealkylation sites (tertiary alicyclic amines) is 1. The van der Waals surface area contributed by atoms with Gasteiger partial charge in [-0.15, -0.1) is 0 Å². The normalized spacial score (nSPS) is 21.1. The van der Waals surface area contributed by atoms with Gasteiger partial charge in [0.25, 0.3) is 0 Å². The third-order valence-electron chi connectivity index (χ3n) is 4.06. The topological polar surface area (TPSA) is 40.5 Å². The van der Waals surface area contributed by atoms with Crippen molar-refractivity contribution in [2.24, 2.45) is 5.92 Å². The highest BCUT2D eigenvalue weighted by atomic mass is 19.2. The van der Waals surface area contributed by atoms with Gasteiger partial charge in [-0.2, -0.15) is 0 Å². The minimum atomic E-state index is -0.823. The van der Waals surface area contributed by atoms with Crippen LogP contribution in [0.25, 0.3) is 0 Å². The van der Waals surface area contributed by atoms with Crippen molar-refractivity contribution in [1.82, 2.24) is 4.90 Å². The Kier molecular flexibility index (Phi) is 4.70. The van der Waals surface area contributed by atoms with Crippen LogP contribution in [0.5, 0.6) is 0 Å². The Balaban J connectivity index is 1.99. The monoisotopic (exact) mass is 283 g/mol. The van der Waals surface area contributed by atoms with Crippen LogP contribution in [0.15, 0.2) is 18.2 Å². The number of aliphatic carboxylic acids is 1. The zero-order valence-corrected chi connectivity index (χ0v) is 11.5. The van der Waals surface area contributed by atoms with E-state index in [0.717, 1.165) is 25.6 Å². The SMILES string of the molecule is CC(c1cccc(F)c1F)N1CCC(CCC(=O)O)C1. The van der Waals surface area contributed by atoms with E-state index in [4.69, 9.17) is 5.11 Å². The zero-order valence-electron chi connectivity index (χ0n) is 11.5. The quantitative estimate of drug-likeness (QED) is 0.902. The maximum absolute atomic E-state index is 13.8. The van der Waals surface area contributed by atoms with Crippen LogP contribution in [0.1, 0.15) is 37.8 Å². The van der Waals surface area contributed by atoms with E-state index < -0.39 is 17.6 Å². The Hall–Kier alpha value is -1.49. The summed E-state index contributed by atoms with van der Waals surface area (Å²) in [5.41, 5.74) is 0.365. The van der Waals surface area contributed by atoms with E-state index in [0.29, 0.717) is 17.9 Å². The molecule has 2 atom stereocenters. The highest BCUT2D eigenvalue weighted by molar-refractivity contribution is 5.66. The average Bonchev–Trinajstić information content (AvgIpc) is 2.87. The second-order valence-electron chi connectivity index (χ2n) is 5.40. The predicted molar refractivity (Wildman–Crippen MR) is 71.3 cm³/mol. The van der Waals surface area contributed by atoms with E-state index in [1.165, 1.54) is 6.07 Å². The van der Waals surface area contributed by atoms with Gasteiger partial charge in [0, 0.05) is 24.6 Å². The molecule has 3 nitrogen and oxygen atoms in total. The molecule has 1 aliphatic rings. The first-order chi connectivity index (χ1) is 9.49. The second kappa shape index (κ2) is 6.31. The Morgan fingerprint density at radius 1 is 1.50 bits per heavy atom. The predicted octanol–water partition coefficient (Wildman–Crippen LogP) is 3.21. The van der Waals surface area contributed by atoms with Crippen LogP contribution in [-0.4, -0.2) is 29.1 Å². The molecule has 5 heteroatoms. The van der Waals surface area contributed by atoms with E-state index in [-0.39, 0.29) is 12.5 Å². The Labute approximate surface area is 117 Å². The third-order valence-corrected chi connectivity index (χ3v) is 4.06. The highest BCUT2D eigenvalue weighted by Gasteiger charge is 2.28. The summed E-state index contributed by atoms with van der Waals surface area (Å²) in [7, 11) is 0. The van der Waals surface area contributed by atoms with Crippen LogP contribution in [0, 0.1) is 17.6 Å². The van der Waals surface area contributed by atoms with Crippen LogP contribution >= 0.6 is 0 Å². The minimum Gasteiger partial charge on any atom is -0.481 e. The van der Waals surface area contributed by atoms with Crippen molar-refractivity contribution in [3.8, 4) is 0 Å². The molecule has 1 aromatic rings. The summed E-state index contributed by atoms with van der Waals surface area (Å²) in [4.78, 5) is 12.7. The molecular weight excluding hydrogens is 264 g/mol. The van der Waals surface area contributed by atoms with Crippen LogP contribution in [0.3, 0.4) is 0 Å². The van der Waals surface area contributed by atoms with Gasteiger partial charge in [0.15, 0.2) is 11.6 Å². The second-order valence-corrected chi connectivity index (χ2v) is 5.40. The number of carboxylic acids is 1. The smallest absolute Gasteiger partial charge is 0.303 e. The lowest BCUT2D eigenvalue weighted by Gasteiger charge is -2.25. The van der Waals surface area contributed by atoms with E-state index >= 15 is 0 Å². The number of carboxylic acid groups (broad SMARTS) is 1. The van der Waals surface area contributed by atoms with Crippen molar-refractivity contribution in [3.63, 3.8) is 0 Å². The van der Waals surface area contributed by atoms with E-state index in [9.17, 15) is 13.6 Å². The van der Waals surface area contributed by atoms with E-state index in [1.807, 2.05) is 6.92 Å². The van der Waals surface area contributed by atoms with Crippen molar-refractivity contribution in [2.45, 2.75) is 32.2 Å². The van der Waals surface area contributed by atoms with E-state index in [1.54, 1.807) is 6.07 Å². The largest absolute Gasteiger partial charge is 0.481 e. The molecule has 1 aromatic carbocycles. The summed E-state index contributed by atoms with van der Waals surface area (Å²) < 4.78 is 27.0. The lowest BCUT2D eigenvalue weighted by Crippen LogP contribution is -2.25. The number of hydrogen-bond donors (Lipinski definition) is 1. The van der Waals surface area contributed by atoms with Gasteiger partial charge in [0.1, 0.15) is 0 Å². The van der Waals surface area contributed by atoms with Crippen molar-refractivity contribution in [1.29, 1.82) is 0 Å². The van der Waals surface area contributed by atoms with Gasteiger partial charge in [0.05, 0.1) is 0 Å². The zero-order chi connectivity index (χ0) is 14.7. The molecule has 1 heterocycles. The fourth-order valence-corrected chi connectivity index (χ4v) is 2.82. The van der Waals surface area contributed by atoms with Crippen molar-refractivity contribution >= 4 is 5.97 Å². The summed E-state index contributed by atoms with van der Waals surface area (Å²) in [6, 6.07) is 4.04. The third kappa shape index (κ3) is 3.33. The molecule has 0 saturated carbocycles. The summed E-state index contributed by atoms with van der Waals surface area (Å²) in [5, 5.41) is 8.69. The number of halogens is 2. The molecule has 110 valence electrons. The van der Waals surface area contributed by atoms with Crippen molar-refractivity contribution in [3.05, 3.63) is 35.4 Å². The molecule has 1 saturated heterocycles. The van der Waals surface area contributed by atoms with Crippen LogP contribution in [-0.2, 0) is 4.79 Å². The molecule has 0 aliphatic carbocycles. The number of benzene rings is 1. The number of carbonyl (C=O) groups is 1. The van der Waals surface area contributed by atoms with Crippen molar-refractivity contribution < 1.29 is 18.7 Å². The molecule has 1 fully saturated rings. The van der Waals surface area contributed by atoms with Gasteiger partial charge in [-0.1, -0.05) is 12.1 Å². The summed E-state index contributed by atoms with van der Waals surface area (Å²) >= 11 is 0. The molecule has 1 aliphatic heterocycles. The fraction of sp³-hybridized carbons (Fsp3) is 0.533. The molecule has 20 heavy (non-hydrogen) atoms. The van der Waals surface area contributed by atoms with Gasteiger partial charge in [-0.3, -0.25) is 9.69 Å². The molecule has 0 amide bonds. The molecule has 0 spiro atoms. The first-order valence-electron chi connectivity index (χ1n) is 6.88. The maximum Gasteiger partial charge on any atom is 0.303 e. The van der Waals surface area contributed by atoms with Gasteiger partial charge < -0.3 is 5.11 Å². The molecule has 0 aromatic heterocycles. The van der Waals surface area contributed by atoms with Crippen LogP contribution in [0.2, 0.25) is 0 Å². The minimum absolute atomic E-state index is 0.168. The Morgan fingerprint density at radius 2 is 2.25 bits per heavy atom. The molecule has 1 N–H and O–H groups in total. The van der Waals surface area contributed by atoms with Gasteiger partial charge in [-0.05, 0) is 38.3 Å². The summed E-state index contributed by atoms with van der Waals surface area (Å²) in [5.74, 6) is -2.07. The summed E-state index contributed by atoms with van der Waals surface area (Å²) in [6.45, 7) is 3.39. The fourth-order valence-electron chi connectivity index (χ4n) is 2.82. The molecule has 2 rings (SSSR count). The van der Waals surface area contributed by atoms with Crippen molar-refractivity contribution in [2.75, 3.05) is 13.1 Å². The number of rotatable bonds is 5. The average molecular weight is 283 g/mol. The van der Waals surface area contributed by atoms with E-state index in [2.05, 4.69) is 4.90 Å². The van der Waals surface area contributed by atoms with Crippen LogP contribution < -0.4 is 0 Å². The molecule has 0 radical (unpaired) electrons. The van der Waals surface area contributed by atoms with Gasteiger partial charge in [-0.25, -0.2) is 8.78 Å². The molecule has 0 bridgehead atoms. The standard InChI is InChI=1S/C15H19F2NO2/c1-10(12-3-2-4-13(16)15(12)17)18-8-7-11(9-18)5-6-14(19)20/h2-4,10-11H,5-9H2,1H3,(H,19,20). The highest BCUT2D eigenvalue weighted by Crippen LogP contribution is 2.31. The van der Waals surface area contributed by atoms with Gasteiger partial charge >= 0.3 is 5.97 Å². The first kappa shape index (κ1) is 14.9. The van der Waals surface area contributed by atoms with Gasteiger partial charge in [0.2, 0.25) is 0 Å². The Bertz CT molecular complexity index is 493. The maximum atomic E-state index is 13.8.